The number of aromatic nitrogens is 1. The highest BCUT2D eigenvalue weighted by molar-refractivity contribution is 6.30. The summed E-state index contributed by atoms with van der Waals surface area (Å²) in [4.78, 5) is 15.4. The molecule has 0 atom stereocenters. The number of benzene rings is 2. The molecule has 5 nitrogen and oxygen atoms in total. The van der Waals surface area contributed by atoms with Crippen molar-refractivity contribution in [1.82, 2.24) is 4.98 Å². The van der Waals surface area contributed by atoms with Gasteiger partial charge in [-0.2, -0.15) is 13.2 Å². The third kappa shape index (κ3) is 5.33. The number of methoxy groups -OCH3 is 1. The van der Waals surface area contributed by atoms with E-state index in [0.717, 1.165) is 6.07 Å². The Bertz CT molecular complexity index is 1150. The van der Waals surface area contributed by atoms with E-state index in [1.807, 2.05) is 0 Å². The molecule has 30 heavy (non-hydrogen) atoms. The Morgan fingerprint density at radius 2 is 2.00 bits per heavy atom. The van der Waals surface area contributed by atoms with Crippen molar-refractivity contribution in [3.05, 3.63) is 64.8 Å². The Kier molecular flexibility index (Phi) is 6.33. The van der Waals surface area contributed by atoms with E-state index >= 15 is 0 Å². The first-order valence-electron chi connectivity index (χ1n) is 8.50. The van der Waals surface area contributed by atoms with Gasteiger partial charge in [0.2, 0.25) is 0 Å². The molecule has 0 aliphatic rings. The molecule has 0 unspecified atom stereocenters. The second kappa shape index (κ2) is 8.93. The quantitative estimate of drug-likeness (QED) is 0.552. The molecule has 3 rings (SSSR count). The third-order valence-electron chi connectivity index (χ3n) is 3.86. The Morgan fingerprint density at radius 3 is 2.70 bits per heavy atom. The maximum Gasteiger partial charge on any atom is 0.433 e. The molecule has 0 bridgehead atoms. The minimum absolute atomic E-state index is 0.0353. The summed E-state index contributed by atoms with van der Waals surface area (Å²) in [6.07, 6.45) is -5.28. The SMILES string of the molecule is COc1cc(C(F)(F)F)nc2ccc(C#CCOC(=O)Nc3cccc(Cl)c3)cc12. The molecule has 9 heteroatoms. The van der Waals surface area contributed by atoms with Crippen LogP contribution in [-0.4, -0.2) is 24.8 Å². The van der Waals surface area contributed by atoms with Gasteiger partial charge in [-0.1, -0.05) is 29.5 Å². The zero-order valence-corrected chi connectivity index (χ0v) is 16.3. The van der Waals surface area contributed by atoms with Gasteiger partial charge in [0.25, 0.3) is 0 Å². The number of rotatable bonds is 3. The number of alkyl halides is 3. The van der Waals surface area contributed by atoms with Gasteiger partial charge in [0.05, 0.1) is 12.6 Å². The van der Waals surface area contributed by atoms with E-state index < -0.39 is 18.0 Å². The highest BCUT2D eigenvalue weighted by Gasteiger charge is 2.33. The average molecular weight is 435 g/mol. The lowest BCUT2D eigenvalue weighted by Crippen LogP contribution is -2.13. The number of anilines is 1. The van der Waals surface area contributed by atoms with Crippen LogP contribution in [0.2, 0.25) is 5.02 Å². The number of hydrogen-bond acceptors (Lipinski definition) is 4. The highest BCUT2D eigenvalue weighted by Crippen LogP contribution is 2.34. The molecule has 1 heterocycles. The lowest BCUT2D eigenvalue weighted by Gasteiger charge is -2.11. The Morgan fingerprint density at radius 1 is 1.20 bits per heavy atom. The molecule has 0 aliphatic heterocycles. The van der Waals surface area contributed by atoms with Crippen LogP contribution in [0.3, 0.4) is 0 Å². The Hall–Kier alpha value is -3.44. The first-order chi connectivity index (χ1) is 14.3. The van der Waals surface area contributed by atoms with Crippen molar-refractivity contribution in [2.24, 2.45) is 0 Å². The van der Waals surface area contributed by atoms with E-state index in [-0.39, 0.29) is 17.9 Å². The van der Waals surface area contributed by atoms with Gasteiger partial charge in [0.15, 0.2) is 6.61 Å². The lowest BCUT2D eigenvalue weighted by molar-refractivity contribution is -0.141. The van der Waals surface area contributed by atoms with Crippen molar-refractivity contribution in [2.45, 2.75) is 6.18 Å². The Balaban J connectivity index is 1.69. The molecule has 0 radical (unpaired) electrons. The maximum absolute atomic E-state index is 12.9. The van der Waals surface area contributed by atoms with Crippen LogP contribution >= 0.6 is 11.6 Å². The summed E-state index contributed by atoms with van der Waals surface area (Å²) in [6.45, 7) is -0.188. The van der Waals surface area contributed by atoms with Crippen LogP contribution in [0.1, 0.15) is 11.3 Å². The summed E-state index contributed by atoms with van der Waals surface area (Å²) in [5.41, 5.74) is 0.0724. The number of carbonyl (C=O) groups excluding carboxylic acids is 1. The Labute approximate surface area is 174 Å². The molecule has 0 spiro atoms. The number of amides is 1. The highest BCUT2D eigenvalue weighted by atomic mass is 35.5. The largest absolute Gasteiger partial charge is 0.496 e. The molecule has 0 fully saturated rings. The predicted octanol–water partition coefficient (Wildman–Crippen LogP) is 5.52. The van der Waals surface area contributed by atoms with Gasteiger partial charge in [-0.05, 0) is 36.4 Å². The fourth-order valence-corrected chi connectivity index (χ4v) is 2.74. The second-order valence-corrected chi connectivity index (χ2v) is 6.39. The molecular formula is C21H14ClF3N2O3. The topological polar surface area (TPSA) is 60.5 Å². The van der Waals surface area contributed by atoms with Gasteiger partial charge in [0, 0.05) is 27.7 Å². The van der Waals surface area contributed by atoms with E-state index in [2.05, 4.69) is 22.1 Å². The summed E-state index contributed by atoms with van der Waals surface area (Å²) >= 11 is 5.83. The van der Waals surface area contributed by atoms with Crippen LogP contribution in [0.4, 0.5) is 23.7 Å². The summed E-state index contributed by atoms with van der Waals surface area (Å²) in [5, 5.41) is 3.36. The number of carbonyl (C=O) groups is 1. The minimum Gasteiger partial charge on any atom is -0.496 e. The van der Waals surface area contributed by atoms with Crippen molar-refractivity contribution in [1.29, 1.82) is 0 Å². The van der Waals surface area contributed by atoms with Crippen LogP contribution < -0.4 is 10.1 Å². The molecule has 154 valence electrons. The van der Waals surface area contributed by atoms with Gasteiger partial charge in [-0.3, -0.25) is 5.32 Å². The van der Waals surface area contributed by atoms with Crippen LogP contribution in [0.25, 0.3) is 10.9 Å². The van der Waals surface area contributed by atoms with Gasteiger partial charge in [-0.25, -0.2) is 9.78 Å². The minimum atomic E-state index is -4.58. The number of ether oxygens (including phenoxy) is 2. The van der Waals surface area contributed by atoms with E-state index in [0.29, 0.717) is 21.7 Å². The van der Waals surface area contributed by atoms with Crippen molar-refractivity contribution in [3.8, 4) is 17.6 Å². The van der Waals surface area contributed by atoms with E-state index in [9.17, 15) is 18.0 Å². The molecule has 0 saturated heterocycles. The number of hydrogen-bond donors (Lipinski definition) is 1. The van der Waals surface area contributed by atoms with Crippen molar-refractivity contribution < 1.29 is 27.4 Å². The van der Waals surface area contributed by atoms with Crippen molar-refractivity contribution in [2.75, 3.05) is 19.0 Å². The number of halogens is 4. The summed E-state index contributed by atoms with van der Waals surface area (Å²) in [6, 6.07) is 11.9. The molecule has 1 aromatic heterocycles. The summed E-state index contributed by atoms with van der Waals surface area (Å²) in [5.74, 6) is 5.48. The molecular weight excluding hydrogens is 421 g/mol. The monoisotopic (exact) mass is 434 g/mol. The van der Waals surface area contributed by atoms with Crippen LogP contribution in [0, 0.1) is 11.8 Å². The van der Waals surface area contributed by atoms with Crippen molar-refractivity contribution >= 4 is 34.3 Å². The van der Waals surface area contributed by atoms with Crippen LogP contribution in [0.5, 0.6) is 5.75 Å². The predicted molar refractivity (Wildman–Crippen MR) is 107 cm³/mol. The zero-order chi connectivity index (χ0) is 21.7. The number of nitrogens with zero attached hydrogens (tertiary/aromatic N) is 1. The average Bonchev–Trinajstić information content (AvgIpc) is 2.69. The third-order valence-corrected chi connectivity index (χ3v) is 4.10. The zero-order valence-electron chi connectivity index (χ0n) is 15.5. The second-order valence-electron chi connectivity index (χ2n) is 5.95. The first-order valence-corrected chi connectivity index (χ1v) is 8.88. The lowest BCUT2D eigenvalue weighted by atomic mass is 10.1. The van der Waals surface area contributed by atoms with Gasteiger partial charge >= 0.3 is 12.3 Å². The number of fused-ring (bicyclic) bond motifs is 1. The fourth-order valence-electron chi connectivity index (χ4n) is 2.55. The standard InChI is InChI=1S/C21H14ClF3N2O3/c1-29-18-12-19(21(23,24)25)27-17-8-7-13(10-16(17)18)4-3-9-30-20(28)26-15-6-2-5-14(22)11-15/h2,5-8,10-12H,9H2,1H3,(H,26,28). The number of nitrogens with one attached hydrogen (secondary N) is 1. The van der Waals surface area contributed by atoms with Gasteiger partial charge < -0.3 is 9.47 Å². The molecule has 1 amide bonds. The summed E-state index contributed by atoms with van der Waals surface area (Å²) < 4.78 is 48.9. The van der Waals surface area contributed by atoms with Crippen molar-refractivity contribution in [3.63, 3.8) is 0 Å². The maximum atomic E-state index is 12.9. The molecule has 0 aliphatic carbocycles. The van der Waals surface area contributed by atoms with E-state index in [4.69, 9.17) is 21.1 Å². The summed E-state index contributed by atoms with van der Waals surface area (Å²) in [7, 11) is 1.28. The molecule has 0 saturated carbocycles. The van der Waals surface area contributed by atoms with Gasteiger partial charge in [-0.15, -0.1) is 0 Å². The fraction of sp³-hybridized carbons (Fsp3) is 0.143. The number of pyridine rings is 1. The van der Waals surface area contributed by atoms with E-state index in [1.165, 1.54) is 19.2 Å². The van der Waals surface area contributed by atoms with Crippen LogP contribution in [-0.2, 0) is 10.9 Å². The van der Waals surface area contributed by atoms with E-state index in [1.54, 1.807) is 30.3 Å². The molecule has 3 aromatic rings. The first kappa shape index (κ1) is 21.3. The van der Waals surface area contributed by atoms with Gasteiger partial charge in [0.1, 0.15) is 11.4 Å². The normalized spacial score (nSPS) is 10.8. The smallest absolute Gasteiger partial charge is 0.433 e. The molecule has 2 aromatic carbocycles. The van der Waals surface area contributed by atoms with Crippen LogP contribution in [0.15, 0.2) is 48.5 Å². The molecule has 1 N–H and O–H groups in total.